The standard InChI is InChI=1S/C22H24ClFN2O6S/c1-5-26(6-2)20(28)18-12(4)17(22(30)31-7-3)19(33-18)25-16(27)11-32-21(29)14-9-8-13(24)10-15(14)23/h8-10H,5-7,11H2,1-4H3,(H,25,27). The maximum atomic E-state index is 13.1. The fourth-order valence-corrected chi connectivity index (χ4v) is 4.36. The van der Waals surface area contributed by atoms with Gasteiger partial charge in [0.25, 0.3) is 11.8 Å². The number of rotatable bonds is 9. The minimum absolute atomic E-state index is 0.0682. The van der Waals surface area contributed by atoms with Gasteiger partial charge in [0.15, 0.2) is 6.61 Å². The average molecular weight is 499 g/mol. The van der Waals surface area contributed by atoms with E-state index in [1.54, 1.807) is 18.7 Å². The molecular weight excluding hydrogens is 475 g/mol. The summed E-state index contributed by atoms with van der Waals surface area (Å²) < 4.78 is 23.2. The zero-order chi connectivity index (χ0) is 24.7. The van der Waals surface area contributed by atoms with Crippen molar-refractivity contribution in [3.05, 3.63) is 50.6 Å². The minimum atomic E-state index is -0.916. The zero-order valence-corrected chi connectivity index (χ0v) is 20.2. The van der Waals surface area contributed by atoms with E-state index in [2.05, 4.69) is 5.32 Å². The number of carbonyl (C=O) groups is 4. The number of anilines is 1. The molecule has 0 spiro atoms. The second kappa shape index (κ2) is 11.8. The third-order valence-electron chi connectivity index (χ3n) is 4.61. The molecule has 1 heterocycles. The van der Waals surface area contributed by atoms with Crippen LogP contribution in [-0.4, -0.2) is 55.0 Å². The van der Waals surface area contributed by atoms with Gasteiger partial charge in [-0.1, -0.05) is 11.6 Å². The molecule has 0 atom stereocenters. The molecule has 2 rings (SSSR count). The summed E-state index contributed by atoms with van der Waals surface area (Å²) in [5.74, 6) is -3.24. The van der Waals surface area contributed by atoms with E-state index >= 15 is 0 Å². The Labute approximate surface area is 199 Å². The Balaban J connectivity index is 2.22. The Kier molecular flexibility index (Phi) is 9.36. The van der Waals surface area contributed by atoms with Crippen molar-refractivity contribution in [1.82, 2.24) is 4.90 Å². The van der Waals surface area contributed by atoms with Crippen molar-refractivity contribution in [2.75, 3.05) is 31.6 Å². The van der Waals surface area contributed by atoms with E-state index in [9.17, 15) is 23.6 Å². The molecule has 2 aromatic rings. The first-order valence-electron chi connectivity index (χ1n) is 10.2. The minimum Gasteiger partial charge on any atom is -0.462 e. The number of carbonyl (C=O) groups excluding carboxylic acids is 4. The highest BCUT2D eigenvalue weighted by Gasteiger charge is 2.28. The van der Waals surface area contributed by atoms with E-state index in [0.717, 1.165) is 29.5 Å². The number of amides is 2. The molecule has 0 radical (unpaired) electrons. The summed E-state index contributed by atoms with van der Waals surface area (Å²) in [5.41, 5.74) is 0.358. The number of ether oxygens (including phenoxy) is 2. The van der Waals surface area contributed by atoms with Crippen LogP contribution in [0.4, 0.5) is 9.39 Å². The van der Waals surface area contributed by atoms with Gasteiger partial charge in [-0.25, -0.2) is 14.0 Å². The van der Waals surface area contributed by atoms with Gasteiger partial charge in [-0.2, -0.15) is 0 Å². The molecule has 1 aromatic heterocycles. The maximum Gasteiger partial charge on any atom is 0.341 e. The van der Waals surface area contributed by atoms with Crippen LogP contribution < -0.4 is 5.32 Å². The lowest BCUT2D eigenvalue weighted by molar-refractivity contribution is -0.119. The Morgan fingerprint density at radius 2 is 1.76 bits per heavy atom. The molecule has 0 saturated heterocycles. The number of halogens is 2. The summed E-state index contributed by atoms with van der Waals surface area (Å²) in [6.07, 6.45) is 0. The monoisotopic (exact) mass is 498 g/mol. The van der Waals surface area contributed by atoms with Crippen LogP contribution in [0, 0.1) is 12.7 Å². The van der Waals surface area contributed by atoms with Crippen LogP contribution in [0.5, 0.6) is 0 Å². The van der Waals surface area contributed by atoms with E-state index in [4.69, 9.17) is 21.1 Å². The topological polar surface area (TPSA) is 102 Å². The van der Waals surface area contributed by atoms with Gasteiger partial charge in [0.2, 0.25) is 0 Å². The Hall–Kier alpha value is -2.98. The summed E-state index contributed by atoms with van der Waals surface area (Å²) in [6, 6.07) is 3.13. The molecule has 0 aliphatic carbocycles. The molecule has 1 N–H and O–H groups in total. The van der Waals surface area contributed by atoms with Gasteiger partial charge in [0, 0.05) is 13.1 Å². The van der Waals surface area contributed by atoms with E-state index in [0.29, 0.717) is 23.5 Å². The van der Waals surface area contributed by atoms with E-state index in [1.807, 2.05) is 13.8 Å². The summed E-state index contributed by atoms with van der Waals surface area (Å²) in [4.78, 5) is 51.8. The summed E-state index contributed by atoms with van der Waals surface area (Å²) >= 11 is 6.77. The second-order valence-electron chi connectivity index (χ2n) is 6.71. The van der Waals surface area contributed by atoms with Gasteiger partial charge in [-0.05, 0) is 51.5 Å². The Morgan fingerprint density at radius 1 is 1.09 bits per heavy atom. The molecule has 0 unspecified atom stereocenters. The molecule has 0 aliphatic heterocycles. The first-order chi connectivity index (χ1) is 15.6. The van der Waals surface area contributed by atoms with Gasteiger partial charge < -0.3 is 19.7 Å². The predicted molar refractivity (Wildman–Crippen MR) is 123 cm³/mol. The van der Waals surface area contributed by atoms with Crippen molar-refractivity contribution in [2.45, 2.75) is 27.7 Å². The molecular formula is C22H24ClFN2O6S. The van der Waals surface area contributed by atoms with Gasteiger partial charge in [-0.3, -0.25) is 9.59 Å². The molecule has 0 aliphatic rings. The number of esters is 2. The van der Waals surface area contributed by atoms with E-state index in [1.165, 1.54) is 0 Å². The molecule has 11 heteroatoms. The number of hydrogen-bond donors (Lipinski definition) is 1. The van der Waals surface area contributed by atoms with Crippen molar-refractivity contribution >= 4 is 51.7 Å². The van der Waals surface area contributed by atoms with Crippen molar-refractivity contribution in [3.8, 4) is 0 Å². The highest BCUT2D eigenvalue weighted by molar-refractivity contribution is 7.18. The number of benzene rings is 1. The second-order valence-corrected chi connectivity index (χ2v) is 8.13. The Morgan fingerprint density at radius 3 is 2.33 bits per heavy atom. The third kappa shape index (κ3) is 6.29. The van der Waals surface area contributed by atoms with Gasteiger partial charge in [0.05, 0.1) is 27.6 Å². The van der Waals surface area contributed by atoms with Crippen molar-refractivity contribution in [1.29, 1.82) is 0 Å². The normalized spacial score (nSPS) is 10.5. The smallest absolute Gasteiger partial charge is 0.341 e. The molecule has 0 saturated carbocycles. The summed E-state index contributed by atoms with van der Waals surface area (Å²) in [5, 5.41) is 2.47. The van der Waals surface area contributed by atoms with E-state index < -0.39 is 30.3 Å². The largest absolute Gasteiger partial charge is 0.462 e. The fourth-order valence-electron chi connectivity index (χ4n) is 2.94. The number of nitrogens with one attached hydrogen (secondary N) is 1. The lowest BCUT2D eigenvalue weighted by Crippen LogP contribution is -2.30. The van der Waals surface area contributed by atoms with Crippen molar-refractivity contribution in [3.63, 3.8) is 0 Å². The van der Waals surface area contributed by atoms with Gasteiger partial charge >= 0.3 is 11.9 Å². The third-order valence-corrected chi connectivity index (χ3v) is 6.12. The van der Waals surface area contributed by atoms with Crippen molar-refractivity contribution < 1.29 is 33.0 Å². The van der Waals surface area contributed by atoms with Crippen LogP contribution in [0.1, 0.15) is 56.7 Å². The average Bonchev–Trinajstić information content (AvgIpc) is 3.08. The van der Waals surface area contributed by atoms with Crippen LogP contribution in [0.3, 0.4) is 0 Å². The van der Waals surface area contributed by atoms with Crippen molar-refractivity contribution in [2.24, 2.45) is 0 Å². The SMILES string of the molecule is CCOC(=O)c1c(NC(=O)COC(=O)c2ccc(F)cc2Cl)sc(C(=O)N(CC)CC)c1C. The van der Waals surface area contributed by atoms with Gasteiger partial charge in [-0.15, -0.1) is 11.3 Å². The lowest BCUT2D eigenvalue weighted by atomic mass is 10.1. The molecule has 0 bridgehead atoms. The highest BCUT2D eigenvalue weighted by Crippen LogP contribution is 2.34. The Bertz CT molecular complexity index is 1070. The van der Waals surface area contributed by atoms with Crippen LogP contribution in [0.2, 0.25) is 5.02 Å². The fraction of sp³-hybridized carbons (Fsp3) is 0.364. The van der Waals surface area contributed by atoms with Crippen LogP contribution in [0.25, 0.3) is 0 Å². The van der Waals surface area contributed by atoms with Crippen LogP contribution in [0.15, 0.2) is 18.2 Å². The van der Waals surface area contributed by atoms with E-state index in [-0.39, 0.29) is 33.7 Å². The van der Waals surface area contributed by atoms with Crippen LogP contribution >= 0.6 is 22.9 Å². The first-order valence-corrected chi connectivity index (χ1v) is 11.4. The molecule has 178 valence electrons. The zero-order valence-electron chi connectivity index (χ0n) is 18.6. The summed E-state index contributed by atoms with van der Waals surface area (Å²) in [6.45, 7) is 7.28. The molecule has 2 amide bonds. The number of hydrogen-bond acceptors (Lipinski definition) is 7. The van der Waals surface area contributed by atoms with Gasteiger partial charge in [0.1, 0.15) is 10.8 Å². The highest BCUT2D eigenvalue weighted by atomic mass is 35.5. The van der Waals surface area contributed by atoms with Crippen LogP contribution in [-0.2, 0) is 14.3 Å². The molecule has 8 nitrogen and oxygen atoms in total. The molecule has 33 heavy (non-hydrogen) atoms. The quantitative estimate of drug-likeness (QED) is 0.517. The number of thiophene rings is 1. The summed E-state index contributed by atoms with van der Waals surface area (Å²) in [7, 11) is 0. The molecule has 0 fully saturated rings. The predicted octanol–water partition coefficient (Wildman–Crippen LogP) is 4.30. The maximum absolute atomic E-state index is 13.1. The number of nitrogens with zero attached hydrogens (tertiary/aromatic N) is 1. The lowest BCUT2D eigenvalue weighted by Gasteiger charge is -2.18. The first kappa shape index (κ1) is 26.3. The molecule has 1 aromatic carbocycles.